The van der Waals surface area contributed by atoms with E-state index in [1.807, 2.05) is 22.6 Å². The Hall–Kier alpha value is -1.13. The van der Waals surface area contributed by atoms with Crippen LogP contribution in [0.4, 0.5) is 10.1 Å². The first-order chi connectivity index (χ1) is 8.86. The topological polar surface area (TPSA) is 85.3 Å². The Morgan fingerprint density at radius 1 is 1.32 bits per heavy atom. The fourth-order valence-corrected chi connectivity index (χ4v) is 2.57. The summed E-state index contributed by atoms with van der Waals surface area (Å²) < 4.78 is 40.8. The molecule has 0 aliphatic heterocycles. The Bertz CT molecular complexity index is 700. The molecule has 8 heteroatoms. The van der Waals surface area contributed by atoms with E-state index in [9.17, 15) is 12.8 Å². The molecular formula is C11H10FIN2O3S. The van der Waals surface area contributed by atoms with Gasteiger partial charge in [-0.05, 0) is 52.9 Å². The van der Waals surface area contributed by atoms with Crippen molar-refractivity contribution in [3.63, 3.8) is 0 Å². The van der Waals surface area contributed by atoms with Crippen molar-refractivity contribution < 1.29 is 17.2 Å². The van der Waals surface area contributed by atoms with Crippen LogP contribution in [-0.4, -0.2) is 8.42 Å². The summed E-state index contributed by atoms with van der Waals surface area (Å²) in [7, 11) is -3.82. The van der Waals surface area contributed by atoms with Crippen molar-refractivity contribution in [3.8, 4) is 0 Å². The zero-order valence-electron chi connectivity index (χ0n) is 9.56. The van der Waals surface area contributed by atoms with E-state index in [0.717, 1.165) is 9.26 Å². The van der Waals surface area contributed by atoms with Gasteiger partial charge in [-0.1, -0.05) is 0 Å². The second kappa shape index (κ2) is 5.47. The molecule has 2 rings (SSSR count). The van der Waals surface area contributed by atoms with Gasteiger partial charge in [0.2, 0.25) is 5.09 Å². The van der Waals surface area contributed by atoms with E-state index in [1.165, 1.54) is 24.3 Å². The minimum atomic E-state index is -3.82. The molecular weight excluding hydrogens is 386 g/mol. The fourth-order valence-electron chi connectivity index (χ4n) is 1.42. The zero-order chi connectivity index (χ0) is 14.0. The first-order valence-corrected chi connectivity index (χ1v) is 7.79. The highest BCUT2D eigenvalue weighted by molar-refractivity contribution is 14.1. The van der Waals surface area contributed by atoms with Gasteiger partial charge in [-0.25, -0.2) is 17.9 Å². The van der Waals surface area contributed by atoms with Crippen molar-refractivity contribution in [1.82, 2.24) is 0 Å². The van der Waals surface area contributed by atoms with Crippen molar-refractivity contribution in [1.29, 1.82) is 0 Å². The van der Waals surface area contributed by atoms with Gasteiger partial charge in [0.25, 0.3) is 10.0 Å². The molecule has 19 heavy (non-hydrogen) atoms. The van der Waals surface area contributed by atoms with Crippen LogP contribution >= 0.6 is 22.6 Å². The molecule has 1 aromatic carbocycles. The van der Waals surface area contributed by atoms with Crippen LogP contribution in [0, 0.1) is 9.39 Å². The molecule has 102 valence electrons. The van der Waals surface area contributed by atoms with Crippen LogP contribution in [0.2, 0.25) is 0 Å². The maximum absolute atomic E-state index is 12.9. The summed E-state index contributed by atoms with van der Waals surface area (Å²) in [4.78, 5) is 0. The van der Waals surface area contributed by atoms with Crippen LogP contribution in [0.3, 0.4) is 0 Å². The highest BCUT2D eigenvalue weighted by Crippen LogP contribution is 2.20. The van der Waals surface area contributed by atoms with Crippen LogP contribution in [-0.2, 0) is 16.6 Å². The molecule has 0 bridgehead atoms. The summed E-state index contributed by atoms with van der Waals surface area (Å²) in [5.41, 5.74) is 0.732. The monoisotopic (exact) mass is 396 g/mol. The molecule has 0 spiro atoms. The summed E-state index contributed by atoms with van der Waals surface area (Å²) in [5.74, 6) is 0.105. The van der Waals surface area contributed by atoms with Crippen LogP contribution in [0.25, 0.3) is 0 Å². The number of rotatable bonds is 4. The number of sulfonamides is 1. The highest BCUT2D eigenvalue weighted by atomic mass is 127. The molecule has 0 unspecified atom stereocenters. The lowest BCUT2D eigenvalue weighted by molar-refractivity contribution is 0.419. The molecule has 1 aromatic heterocycles. The normalized spacial score (nSPS) is 11.5. The molecule has 0 saturated carbocycles. The van der Waals surface area contributed by atoms with E-state index in [0.29, 0.717) is 5.76 Å². The second-order valence-electron chi connectivity index (χ2n) is 3.74. The number of halogens is 2. The quantitative estimate of drug-likeness (QED) is 0.777. The molecule has 0 fully saturated rings. The average molecular weight is 396 g/mol. The van der Waals surface area contributed by atoms with E-state index in [4.69, 9.17) is 9.56 Å². The first-order valence-electron chi connectivity index (χ1n) is 5.17. The number of primary sulfonamides is 1. The largest absolute Gasteiger partial charge is 0.446 e. The van der Waals surface area contributed by atoms with Crippen LogP contribution in [0.5, 0.6) is 0 Å². The van der Waals surface area contributed by atoms with E-state index >= 15 is 0 Å². The van der Waals surface area contributed by atoms with Gasteiger partial charge >= 0.3 is 0 Å². The van der Waals surface area contributed by atoms with E-state index < -0.39 is 10.0 Å². The van der Waals surface area contributed by atoms with Gasteiger partial charge in [0.1, 0.15) is 11.6 Å². The Labute approximate surface area is 123 Å². The number of anilines is 1. The maximum Gasteiger partial charge on any atom is 0.271 e. The molecule has 0 aliphatic carbocycles. The van der Waals surface area contributed by atoms with Gasteiger partial charge in [0.05, 0.1) is 6.54 Å². The maximum atomic E-state index is 12.9. The van der Waals surface area contributed by atoms with Crippen molar-refractivity contribution in [2.24, 2.45) is 5.14 Å². The summed E-state index contributed by atoms with van der Waals surface area (Å²) in [6.07, 6.45) is 0. The van der Waals surface area contributed by atoms with Gasteiger partial charge in [-0.3, -0.25) is 0 Å². The number of nitrogens with one attached hydrogen (secondary N) is 1. The number of benzene rings is 1. The van der Waals surface area contributed by atoms with Gasteiger partial charge in [0, 0.05) is 9.26 Å². The van der Waals surface area contributed by atoms with Gasteiger partial charge in [-0.2, -0.15) is 0 Å². The van der Waals surface area contributed by atoms with Crippen LogP contribution < -0.4 is 10.5 Å². The molecule has 0 atom stereocenters. The SMILES string of the molecule is NS(=O)(=O)c1ccc(CNc2ccc(F)cc2I)o1. The predicted octanol–water partition coefficient (Wildman–Crippen LogP) is 2.28. The number of nitrogens with two attached hydrogens (primary N) is 1. The molecule has 3 N–H and O–H groups in total. The third-order valence-electron chi connectivity index (χ3n) is 2.30. The van der Waals surface area contributed by atoms with Crippen molar-refractivity contribution in [2.45, 2.75) is 11.6 Å². The molecule has 0 radical (unpaired) electrons. The average Bonchev–Trinajstić information content (AvgIpc) is 2.76. The molecule has 5 nitrogen and oxygen atoms in total. The number of hydrogen-bond acceptors (Lipinski definition) is 4. The Kier molecular flexibility index (Phi) is 4.11. The standard InChI is InChI=1S/C11H10FIN2O3S/c12-7-1-3-10(9(13)5-7)15-6-8-2-4-11(18-8)19(14,16)17/h1-5,15H,6H2,(H2,14,16,17). The Morgan fingerprint density at radius 3 is 2.63 bits per heavy atom. The van der Waals surface area contributed by atoms with Crippen LogP contribution in [0.1, 0.15) is 5.76 Å². The van der Waals surface area contributed by atoms with E-state index in [1.54, 1.807) is 6.07 Å². The van der Waals surface area contributed by atoms with Crippen molar-refractivity contribution in [3.05, 3.63) is 45.5 Å². The summed E-state index contributed by atoms with van der Waals surface area (Å²) in [6, 6.07) is 7.13. The van der Waals surface area contributed by atoms with Gasteiger partial charge in [0.15, 0.2) is 0 Å². The smallest absolute Gasteiger partial charge is 0.271 e. The minimum Gasteiger partial charge on any atom is -0.446 e. The Morgan fingerprint density at radius 2 is 2.05 bits per heavy atom. The van der Waals surface area contributed by atoms with Crippen molar-refractivity contribution >= 4 is 38.3 Å². The molecule has 0 saturated heterocycles. The minimum absolute atomic E-state index is 0.275. The van der Waals surface area contributed by atoms with Gasteiger partial charge in [-0.15, -0.1) is 0 Å². The van der Waals surface area contributed by atoms with Crippen LogP contribution in [0.15, 0.2) is 39.8 Å². The molecule has 0 aliphatic rings. The predicted molar refractivity (Wildman–Crippen MR) is 76.5 cm³/mol. The highest BCUT2D eigenvalue weighted by Gasteiger charge is 2.13. The van der Waals surface area contributed by atoms with Gasteiger partial charge < -0.3 is 9.73 Å². The molecule has 2 aromatic rings. The second-order valence-corrected chi connectivity index (χ2v) is 6.40. The summed E-state index contributed by atoms with van der Waals surface area (Å²) >= 11 is 2.00. The molecule has 1 heterocycles. The zero-order valence-corrected chi connectivity index (χ0v) is 12.5. The lowest BCUT2D eigenvalue weighted by Gasteiger charge is -2.06. The van der Waals surface area contributed by atoms with Crippen molar-refractivity contribution in [2.75, 3.05) is 5.32 Å². The van der Waals surface area contributed by atoms with E-state index in [2.05, 4.69) is 5.32 Å². The number of hydrogen-bond donors (Lipinski definition) is 2. The Balaban J connectivity index is 2.09. The third kappa shape index (κ3) is 3.67. The third-order valence-corrected chi connectivity index (χ3v) is 3.97. The molecule has 0 amide bonds. The lowest BCUT2D eigenvalue weighted by atomic mass is 10.3. The summed E-state index contributed by atoms with van der Waals surface area (Å²) in [6.45, 7) is 0.275. The summed E-state index contributed by atoms with van der Waals surface area (Å²) in [5, 5.41) is 7.67. The first kappa shape index (κ1) is 14.3. The lowest BCUT2D eigenvalue weighted by Crippen LogP contribution is -2.10. The van der Waals surface area contributed by atoms with E-state index in [-0.39, 0.29) is 17.5 Å². The fraction of sp³-hybridized carbons (Fsp3) is 0.0909. The number of furan rings is 1.